The lowest BCUT2D eigenvalue weighted by atomic mass is 10.2. The van der Waals surface area contributed by atoms with Crippen LogP contribution in [0, 0.1) is 6.92 Å². The van der Waals surface area contributed by atoms with Crippen molar-refractivity contribution in [2.75, 3.05) is 0 Å². The van der Waals surface area contributed by atoms with Gasteiger partial charge in [-0.3, -0.25) is 0 Å². The largest absolute Gasteiger partial charge is 0.445 e. The molecule has 0 aliphatic rings. The highest BCUT2D eigenvalue weighted by atomic mass is 16.4. The first-order valence-corrected chi connectivity index (χ1v) is 3.86. The monoisotopic (exact) mass is 151 g/mol. The third-order valence-electron chi connectivity index (χ3n) is 1.50. The van der Waals surface area contributed by atoms with E-state index in [4.69, 9.17) is 4.42 Å². The molecule has 1 heterocycles. The average molecular weight is 151 g/mol. The minimum atomic E-state index is 0.725. The Hall–Kier alpha value is -1.05. The van der Waals surface area contributed by atoms with Crippen LogP contribution in [0.25, 0.3) is 6.08 Å². The average Bonchev–Trinajstić information content (AvgIpc) is 2.32. The Morgan fingerprint density at radius 1 is 1.64 bits per heavy atom. The first-order chi connectivity index (χ1) is 5.27. The van der Waals surface area contributed by atoms with Crippen molar-refractivity contribution < 1.29 is 4.42 Å². The summed E-state index contributed by atoms with van der Waals surface area (Å²) in [5.41, 5.74) is 0.893. The molecule has 0 aromatic carbocycles. The molecule has 0 aliphatic heterocycles. The lowest BCUT2D eigenvalue weighted by Crippen LogP contribution is -1.82. The van der Waals surface area contributed by atoms with Gasteiger partial charge in [-0.1, -0.05) is 13.5 Å². The zero-order valence-corrected chi connectivity index (χ0v) is 7.05. The number of aromatic nitrogens is 1. The molecule has 0 saturated carbocycles. The normalized spacial score (nSPS) is 10.0. The molecule has 0 aliphatic carbocycles. The first kappa shape index (κ1) is 8.05. The molecule has 1 rings (SSSR count). The highest BCUT2D eigenvalue weighted by Gasteiger charge is 2.05. The topological polar surface area (TPSA) is 26.0 Å². The van der Waals surface area contributed by atoms with Gasteiger partial charge in [0.2, 0.25) is 0 Å². The summed E-state index contributed by atoms with van der Waals surface area (Å²) in [5.74, 6) is 1.68. The summed E-state index contributed by atoms with van der Waals surface area (Å²) in [7, 11) is 0. The van der Waals surface area contributed by atoms with Crippen molar-refractivity contribution in [3.05, 3.63) is 23.9 Å². The second-order valence-corrected chi connectivity index (χ2v) is 2.50. The van der Waals surface area contributed by atoms with E-state index in [-0.39, 0.29) is 0 Å². The van der Waals surface area contributed by atoms with Crippen LogP contribution >= 0.6 is 0 Å². The lowest BCUT2D eigenvalue weighted by molar-refractivity contribution is 0.472. The highest BCUT2D eigenvalue weighted by molar-refractivity contribution is 5.43. The Bertz CT molecular complexity index is 250. The second-order valence-electron chi connectivity index (χ2n) is 2.50. The van der Waals surface area contributed by atoms with E-state index in [0.29, 0.717) is 0 Å². The van der Waals surface area contributed by atoms with Crippen molar-refractivity contribution in [1.29, 1.82) is 0 Å². The van der Waals surface area contributed by atoms with E-state index in [1.165, 1.54) is 0 Å². The highest BCUT2D eigenvalue weighted by Crippen LogP contribution is 2.13. The van der Waals surface area contributed by atoms with Gasteiger partial charge in [0.1, 0.15) is 11.5 Å². The van der Waals surface area contributed by atoms with Crippen LogP contribution in [0.5, 0.6) is 0 Å². The van der Waals surface area contributed by atoms with E-state index in [2.05, 4.69) is 18.5 Å². The summed E-state index contributed by atoms with van der Waals surface area (Å²) in [6.45, 7) is 7.63. The summed E-state index contributed by atoms with van der Waals surface area (Å²) in [6, 6.07) is 0. The second kappa shape index (κ2) is 3.37. The number of hydrogen-bond acceptors (Lipinski definition) is 2. The Labute approximate surface area is 66.9 Å². The van der Waals surface area contributed by atoms with Crippen LogP contribution in [0.3, 0.4) is 0 Å². The predicted octanol–water partition coefficient (Wildman–Crippen LogP) is 2.58. The number of nitrogens with zero attached hydrogens (tertiary/aromatic N) is 1. The van der Waals surface area contributed by atoms with Gasteiger partial charge in [-0.05, 0) is 12.5 Å². The molecule has 11 heavy (non-hydrogen) atoms. The van der Waals surface area contributed by atoms with Crippen molar-refractivity contribution in [3.8, 4) is 0 Å². The fraction of sp³-hybridized carbons (Fsp3) is 0.444. The van der Waals surface area contributed by atoms with Crippen molar-refractivity contribution in [2.45, 2.75) is 26.7 Å². The number of oxazole rings is 1. The molecule has 0 fully saturated rings. The molecule has 0 amide bonds. The van der Waals surface area contributed by atoms with Crippen LogP contribution in [0.4, 0.5) is 0 Å². The molecule has 0 unspecified atom stereocenters. The maximum Gasteiger partial charge on any atom is 0.191 e. The van der Waals surface area contributed by atoms with Gasteiger partial charge < -0.3 is 4.42 Å². The van der Waals surface area contributed by atoms with Crippen LogP contribution < -0.4 is 0 Å². The number of rotatable bonds is 3. The van der Waals surface area contributed by atoms with Gasteiger partial charge in [0.05, 0.1) is 0 Å². The summed E-state index contributed by atoms with van der Waals surface area (Å²) < 4.78 is 5.36. The quantitative estimate of drug-likeness (QED) is 0.663. The number of aryl methyl sites for hydroxylation is 2. The van der Waals surface area contributed by atoms with Gasteiger partial charge in [0.25, 0.3) is 0 Å². The summed E-state index contributed by atoms with van der Waals surface area (Å²) >= 11 is 0. The molecule has 0 spiro atoms. The Morgan fingerprint density at radius 3 is 2.91 bits per heavy atom. The summed E-state index contributed by atoms with van der Waals surface area (Å²) in [4.78, 5) is 4.16. The van der Waals surface area contributed by atoms with Gasteiger partial charge in [0.15, 0.2) is 5.89 Å². The maximum atomic E-state index is 5.36. The van der Waals surface area contributed by atoms with Gasteiger partial charge in [0, 0.05) is 13.3 Å². The Balaban J connectivity index is 2.92. The molecule has 0 atom stereocenters. The minimum Gasteiger partial charge on any atom is -0.445 e. The molecule has 0 radical (unpaired) electrons. The predicted molar refractivity (Wildman–Crippen MR) is 45.3 cm³/mol. The van der Waals surface area contributed by atoms with Crippen LogP contribution in [-0.4, -0.2) is 4.98 Å². The van der Waals surface area contributed by atoms with E-state index in [9.17, 15) is 0 Å². The van der Waals surface area contributed by atoms with Gasteiger partial charge >= 0.3 is 0 Å². The van der Waals surface area contributed by atoms with Crippen LogP contribution in [0.2, 0.25) is 0 Å². The van der Waals surface area contributed by atoms with Gasteiger partial charge in [-0.15, -0.1) is 0 Å². The molecule has 0 N–H and O–H groups in total. The molecule has 1 aromatic rings. The van der Waals surface area contributed by atoms with Gasteiger partial charge in [-0.2, -0.15) is 0 Å². The van der Waals surface area contributed by atoms with Crippen molar-refractivity contribution in [1.82, 2.24) is 4.98 Å². The zero-order valence-electron chi connectivity index (χ0n) is 7.05. The van der Waals surface area contributed by atoms with Crippen molar-refractivity contribution in [3.63, 3.8) is 0 Å². The SMILES string of the molecule is C=Cc1nc(C)oc1CCC. The van der Waals surface area contributed by atoms with E-state index >= 15 is 0 Å². The van der Waals surface area contributed by atoms with E-state index < -0.39 is 0 Å². The fourth-order valence-electron chi connectivity index (χ4n) is 1.05. The lowest BCUT2D eigenvalue weighted by Gasteiger charge is -1.90. The van der Waals surface area contributed by atoms with Crippen LogP contribution in [0.1, 0.15) is 30.7 Å². The van der Waals surface area contributed by atoms with Crippen LogP contribution in [0.15, 0.2) is 11.0 Å². The Morgan fingerprint density at radius 2 is 2.36 bits per heavy atom. The molecule has 60 valence electrons. The van der Waals surface area contributed by atoms with E-state index in [1.807, 2.05) is 6.92 Å². The minimum absolute atomic E-state index is 0.725. The summed E-state index contributed by atoms with van der Waals surface area (Å²) in [6.07, 6.45) is 3.76. The molecular weight excluding hydrogens is 138 g/mol. The smallest absolute Gasteiger partial charge is 0.191 e. The van der Waals surface area contributed by atoms with E-state index in [1.54, 1.807) is 6.08 Å². The molecular formula is C9H13NO. The molecule has 0 saturated heterocycles. The van der Waals surface area contributed by atoms with Crippen LogP contribution in [-0.2, 0) is 6.42 Å². The van der Waals surface area contributed by atoms with Crippen molar-refractivity contribution in [2.24, 2.45) is 0 Å². The third kappa shape index (κ3) is 1.70. The van der Waals surface area contributed by atoms with Crippen molar-refractivity contribution >= 4 is 6.08 Å². The third-order valence-corrected chi connectivity index (χ3v) is 1.50. The zero-order chi connectivity index (χ0) is 8.27. The summed E-state index contributed by atoms with van der Waals surface area (Å²) in [5, 5.41) is 0. The maximum absolute atomic E-state index is 5.36. The molecule has 2 heteroatoms. The van der Waals surface area contributed by atoms with E-state index in [0.717, 1.165) is 30.2 Å². The van der Waals surface area contributed by atoms with Gasteiger partial charge in [-0.25, -0.2) is 4.98 Å². The number of hydrogen-bond donors (Lipinski definition) is 0. The standard InChI is InChI=1S/C9H13NO/c1-4-6-9-8(5-2)10-7(3)11-9/h5H,2,4,6H2,1,3H3. The Kier molecular flexibility index (Phi) is 2.47. The fourth-order valence-corrected chi connectivity index (χ4v) is 1.05. The molecule has 2 nitrogen and oxygen atoms in total. The molecule has 0 bridgehead atoms. The first-order valence-electron chi connectivity index (χ1n) is 3.86. The molecule has 1 aromatic heterocycles.